The zero-order valence-corrected chi connectivity index (χ0v) is 12.8. The van der Waals surface area contributed by atoms with Crippen LogP contribution in [-0.4, -0.2) is 9.55 Å². The fourth-order valence-electron chi connectivity index (χ4n) is 2.86. The Kier molecular flexibility index (Phi) is 3.23. The highest BCUT2D eigenvalue weighted by atomic mass is 35.5. The number of hydrogen-bond donors (Lipinski definition) is 0. The standard InChI is InChI=1S/C18H15ClN2O/c19-14-8-9-16-15(10-14)17(13-6-7-13)20-18(22)21(16)11-12-4-2-1-3-5-12/h1-5,8-10,13H,6-7,11H2. The van der Waals surface area contributed by atoms with Crippen molar-refractivity contribution in [2.45, 2.75) is 25.3 Å². The Hall–Kier alpha value is -2.13. The van der Waals surface area contributed by atoms with Gasteiger partial charge in [0.25, 0.3) is 0 Å². The van der Waals surface area contributed by atoms with Crippen molar-refractivity contribution in [3.05, 3.63) is 75.3 Å². The van der Waals surface area contributed by atoms with E-state index in [1.54, 1.807) is 4.57 Å². The molecule has 0 atom stereocenters. The van der Waals surface area contributed by atoms with Gasteiger partial charge in [0.2, 0.25) is 0 Å². The lowest BCUT2D eigenvalue weighted by molar-refractivity contribution is 0.750. The van der Waals surface area contributed by atoms with E-state index in [0.717, 1.165) is 35.0 Å². The summed E-state index contributed by atoms with van der Waals surface area (Å²) in [6.07, 6.45) is 2.22. The second-order valence-corrected chi connectivity index (χ2v) is 6.22. The van der Waals surface area contributed by atoms with Crippen LogP contribution in [0, 0.1) is 0 Å². The molecular formula is C18H15ClN2O. The van der Waals surface area contributed by atoms with Gasteiger partial charge >= 0.3 is 5.69 Å². The molecule has 22 heavy (non-hydrogen) atoms. The third kappa shape index (κ3) is 2.42. The fourth-order valence-corrected chi connectivity index (χ4v) is 3.03. The minimum Gasteiger partial charge on any atom is -0.287 e. The number of halogens is 1. The fraction of sp³-hybridized carbons (Fsp3) is 0.222. The molecule has 0 saturated heterocycles. The summed E-state index contributed by atoms with van der Waals surface area (Å²) in [5.74, 6) is 0.417. The Morgan fingerprint density at radius 2 is 1.91 bits per heavy atom. The Balaban J connectivity index is 1.93. The van der Waals surface area contributed by atoms with Crippen LogP contribution >= 0.6 is 11.6 Å². The molecule has 1 fully saturated rings. The number of hydrogen-bond acceptors (Lipinski definition) is 2. The molecule has 3 nitrogen and oxygen atoms in total. The first kappa shape index (κ1) is 13.5. The van der Waals surface area contributed by atoms with E-state index < -0.39 is 0 Å². The molecule has 1 aliphatic rings. The van der Waals surface area contributed by atoms with Crippen molar-refractivity contribution in [2.75, 3.05) is 0 Å². The molecule has 0 aliphatic heterocycles. The molecule has 0 bridgehead atoms. The van der Waals surface area contributed by atoms with Crippen LogP contribution in [0.4, 0.5) is 0 Å². The van der Waals surface area contributed by atoms with Gasteiger partial charge in [-0.05, 0) is 36.6 Å². The molecule has 1 saturated carbocycles. The highest BCUT2D eigenvalue weighted by Crippen LogP contribution is 2.41. The van der Waals surface area contributed by atoms with E-state index in [-0.39, 0.29) is 5.69 Å². The van der Waals surface area contributed by atoms with Crippen LogP contribution in [0.15, 0.2) is 53.3 Å². The van der Waals surface area contributed by atoms with Crippen molar-refractivity contribution < 1.29 is 0 Å². The number of rotatable bonds is 3. The third-order valence-corrected chi connectivity index (χ3v) is 4.36. The average Bonchev–Trinajstić information content (AvgIpc) is 3.35. The number of benzene rings is 2. The molecule has 1 aromatic heterocycles. The highest BCUT2D eigenvalue weighted by molar-refractivity contribution is 6.31. The minimum absolute atomic E-state index is 0.180. The summed E-state index contributed by atoms with van der Waals surface area (Å²) < 4.78 is 1.73. The van der Waals surface area contributed by atoms with E-state index in [0.29, 0.717) is 17.5 Å². The lowest BCUT2D eigenvalue weighted by Crippen LogP contribution is -2.25. The van der Waals surface area contributed by atoms with E-state index in [1.807, 2.05) is 48.5 Å². The lowest BCUT2D eigenvalue weighted by Gasteiger charge is -2.13. The van der Waals surface area contributed by atoms with Gasteiger partial charge in [0.15, 0.2) is 0 Å². The normalized spacial score (nSPS) is 14.4. The first-order valence-corrected chi connectivity index (χ1v) is 7.84. The first-order chi connectivity index (χ1) is 10.7. The number of aromatic nitrogens is 2. The topological polar surface area (TPSA) is 34.9 Å². The quantitative estimate of drug-likeness (QED) is 0.733. The zero-order chi connectivity index (χ0) is 15.1. The molecule has 0 spiro atoms. The maximum Gasteiger partial charge on any atom is 0.348 e. The van der Waals surface area contributed by atoms with Crippen molar-refractivity contribution in [1.82, 2.24) is 9.55 Å². The van der Waals surface area contributed by atoms with Gasteiger partial charge in [-0.25, -0.2) is 4.79 Å². The second-order valence-electron chi connectivity index (χ2n) is 5.79. The van der Waals surface area contributed by atoms with Crippen LogP contribution in [0.3, 0.4) is 0 Å². The van der Waals surface area contributed by atoms with Crippen molar-refractivity contribution in [2.24, 2.45) is 0 Å². The van der Waals surface area contributed by atoms with Crippen molar-refractivity contribution in [3.8, 4) is 0 Å². The van der Waals surface area contributed by atoms with Crippen molar-refractivity contribution in [1.29, 1.82) is 0 Å². The van der Waals surface area contributed by atoms with E-state index in [2.05, 4.69) is 4.98 Å². The largest absolute Gasteiger partial charge is 0.348 e. The summed E-state index contributed by atoms with van der Waals surface area (Å²) in [5, 5.41) is 1.69. The molecular weight excluding hydrogens is 296 g/mol. The summed E-state index contributed by atoms with van der Waals surface area (Å²) in [4.78, 5) is 16.8. The monoisotopic (exact) mass is 310 g/mol. The lowest BCUT2D eigenvalue weighted by atomic mass is 10.1. The molecule has 3 aromatic rings. The van der Waals surface area contributed by atoms with Gasteiger partial charge in [-0.15, -0.1) is 0 Å². The van der Waals surface area contributed by atoms with Crippen molar-refractivity contribution >= 4 is 22.5 Å². The summed E-state index contributed by atoms with van der Waals surface area (Å²) in [6.45, 7) is 0.524. The average molecular weight is 311 g/mol. The zero-order valence-electron chi connectivity index (χ0n) is 12.0. The maximum atomic E-state index is 12.5. The summed E-state index contributed by atoms with van der Waals surface area (Å²) in [6, 6.07) is 15.6. The van der Waals surface area contributed by atoms with Gasteiger partial charge in [0.1, 0.15) is 0 Å². The molecule has 0 radical (unpaired) electrons. The summed E-state index contributed by atoms with van der Waals surface area (Å²) >= 11 is 6.15. The Bertz CT molecular complexity index is 898. The summed E-state index contributed by atoms with van der Waals surface area (Å²) in [5.41, 5.74) is 2.73. The SMILES string of the molecule is O=c1nc(C2CC2)c2cc(Cl)ccc2n1Cc1ccccc1. The molecule has 4 rings (SSSR count). The van der Waals surface area contributed by atoms with Gasteiger partial charge in [0.05, 0.1) is 17.8 Å². The minimum atomic E-state index is -0.180. The molecule has 0 N–H and O–H groups in total. The van der Waals surface area contributed by atoms with E-state index in [4.69, 9.17) is 11.6 Å². The van der Waals surface area contributed by atoms with Crippen molar-refractivity contribution in [3.63, 3.8) is 0 Å². The van der Waals surface area contributed by atoms with Gasteiger partial charge in [-0.3, -0.25) is 4.57 Å². The van der Waals surface area contributed by atoms with Crippen LogP contribution in [0.25, 0.3) is 10.9 Å². The number of fused-ring (bicyclic) bond motifs is 1. The summed E-state index contributed by atoms with van der Waals surface area (Å²) in [7, 11) is 0. The van der Waals surface area contributed by atoms with E-state index >= 15 is 0 Å². The predicted octanol–water partition coefficient (Wildman–Crippen LogP) is 3.98. The van der Waals surface area contributed by atoms with Crippen LogP contribution in [0.5, 0.6) is 0 Å². The van der Waals surface area contributed by atoms with Gasteiger partial charge < -0.3 is 0 Å². The predicted molar refractivity (Wildman–Crippen MR) is 88.5 cm³/mol. The van der Waals surface area contributed by atoms with Crippen LogP contribution in [-0.2, 0) is 6.54 Å². The Labute approximate surface area is 133 Å². The molecule has 4 heteroatoms. The number of nitrogens with zero attached hydrogens (tertiary/aromatic N) is 2. The molecule has 1 heterocycles. The smallest absolute Gasteiger partial charge is 0.287 e. The first-order valence-electron chi connectivity index (χ1n) is 7.46. The Morgan fingerprint density at radius 1 is 1.14 bits per heavy atom. The Morgan fingerprint density at radius 3 is 2.64 bits per heavy atom. The highest BCUT2D eigenvalue weighted by Gasteiger charge is 2.28. The molecule has 0 unspecified atom stereocenters. The van der Waals surface area contributed by atoms with Crippen LogP contribution in [0.2, 0.25) is 5.02 Å². The maximum absolute atomic E-state index is 12.5. The van der Waals surface area contributed by atoms with E-state index in [9.17, 15) is 4.79 Å². The second kappa shape index (κ2) is 5.25. The molecule has 0 amide bonds. The molecule has 110 valence electrons. The third-order valence-electron chi connectivity index (χ3n) is 4.12. The van der Waals surface area contributed by atoms with Gasteiger partial charge in [0, 0.05) is 16.3 Å². The van der Waals surface area contributed by atoms with Crippen LogP contribution in [0.1, 0.15) is 30.0 Å². The van der Waals surface area contributed by atoms with Gasteiger partial charge in [-0.2, -0.15) is 4.98 Å². The van der Waals surface area contributed by atoms with E-state index in [1.165, 1.54) is 0 Å². The van der Waals surface area contributed by atoms with Crippen LogP contribution < -0.4 is 5.69 Å². The van der Waals surface area contributed by atoms with Gasteiger partial charge in [-0.1, -0.05) is 41.9 Å². The molecule has 2 aromatic carbocycles. The molecule has 1 aliphatic carbocycles.